The van der Waals surface area contributed by atoms with Crippen LogP contribution in [0.5, 0.6) is 0 Å². The van der Waals surface area contributed by atoms with Crippen LogP contribution in [0.1, 0.15) is 18.2 Å². The van der Waals surface area contributed by atoms with Crippen molar-refractivity contribution in [1.29, 1.82) is 0 Å². The van der Waals surface area contributed by atoms with Gasteiger partial charge >= 0.3 is 11.4 Å². The zero-order valence-corrected chi connectivity index (χ0v) is 16.3. The molecule has 4 rings (SSSR count). The third-order valence-corrected chi connectivity index (χ3v) is 4.50. The number of benzene rings is 1. The molecular formula is C20H19BrN4O2. The van der Waals surface area contributed by atoms with Crippen LogP contribution in [0.25, 0.3) is 11.1 Å². The van der Waals surface area contributed by atoms with Gasteiger partial charge in [0.15, 0.2) is 0 Å². The van der Waals surface area contributed by atoms with Gasteiger partial charge in [0.25, 0.3) is 5.69 Å². The van der Waals surface area contributed by atoms with Crippen molar-refractivity contribution in [3.8, 4) is 0 Å². The van der Waals surface area contributed by atoms with E-state index in [-0.39, 0.29) is 35.7 Å². The molecule has 0 spiro atoms. The van der Waals surface area contributed by atoms with Crippen LogP contribution in [0.4, 0.5) is 5.69 Å². The number of allylic oxidation sites excluding steroid dienone is 2. The molecule has 0 radical (unpaired) electrons. The van der Waals surface area contributed by atoms with Crippen molar-refractivity contribution in [3.63, 3.8) is 0 Å². The number of H-pyrrole nitrogens is 1. The molecule has 1 aliphatic heterocycles. The lowest BCUT2D eigenvalue weighted by atomic mass is 10.0. The molecule has 0 saturated carbocycles. The largest absolute Gasteiger partial charge is 1.00 e. The van der Waals surface area contributed by atoms with Gasteiger partial charge in [-0.25, -0.2) is 4.68 Å². The molecule has 6 nitrogen and oxygen atoms in total. The average Bonchev–Trinajstić information content (AvgIpc) is 3.16. The van der Waals surface area contributed by atoms with Crippen molar-refractivity contribution >= 4 is 22.7 Å². The number of halogens is 1. The number of pyridine rings is 1. The Morgan fingerprint density at radius 1 is 1.15 bits per heavy atom. The Morgan fingerprint density at radius 2 is 1.89 bits per heavy atom. The van der Waals surface area contributed by atoms with Gasteiger partial charge in [0.1, 0.15) is 5.69 Å². The number of aliphatic hydroxyl groups excluding tert-OH is 1. The molecule has 2 aromatic heterocycles. The number of aromatic amines is 1. The number of hydrogen-bond donors (Lipinski definition) is 2. The van der Waals surface area contributed by atoms with E-state index >= 15 is 0 Å². The summed E-state index contributed by atoms with van der Waals surface area (Å²) in [4.78, 5) is 17.2. The van der Waals surface area contributed by atoms with Crippen molar-refractivity contribution in [2.75, 3.05) is 6.61 Å². The zero-order chi connectivity index (χ0) is 18.1. The van der Waals surface area contributed by atoms with E-state index in [1.165, 1.54) is 4.68 Å². The summed E-state index contributed by atoms with van der Waals surface area (Å²) in [6.07, 6.45) is 3.52. The zero-order valence-electron chi connectivity index (χ0n) is 14.8. The molecule has 1 aromatic carbocycles. The van der Waals surface area contributed by atoms with Crippen molar-refractivity contribution in [1.82, 2.24) is 9.78 Å². The Kier molecular flexibility index (Phi) is 5.53. The quantitative estimate of drug-likeness (QED) is 0.524. The highest BCUT2D eigenvalue weighted by Gasteiger charge is 2.34. The van der Waals surface area contributed by atoms with Gasteiger partial charge in [0.2, 0.25) is 0 Å². The van der Waals surface area contributed by atoms with E-state index in [0.29, 0.717) is 5.69 Å². The van der Waals surface area contributed by atoms with Gasteiger partial charge in [-0.2, -0.15) is 4.57 Å². The maximum Gasteiger partial charge on any atom is 0.337 e. The van der Waals surface area contributed by atoms with Gasteiger partial charge < -0.3 is 22.1 Å². The van der Waals surface area contributed by atoms with Crippen molar-refractivity contribution in [2.24, 2.45) is 4.99 Å². The molecule has 0 atom stereocenters. The first-order valence-corrected chi connectivity index (χ1v) is 8.46. The van der Waals surface area contributed by atoms with Crippen molar-refractivity contribution in [2.45, 2.75) is 13.5 Å². The Hall–Kier alpha value is -2.77. The van der Waals surface area contributed by atoms with Crippen LogP contribution < -0.4 is 27.1 Å². The number of aliphatic imine (C=N–C) groups is 1. The van der Waals surface area contributed by atoms with Crippen LogP contribution in [0.3, 0.4) is 0 Å². The van der Waals surface area contributed by atoms with Crippen LogP contribution in [0, 0.1) is 0 Å². The number of fused-ring (bicyclic) bond motifs is 1. The monoisotopic (exact) mass is 426 g/mol. The summed E-state index contributed by atoms with van der Waals surface area (Å²) in [5.74, 6) is 0.719. The highest BCUT2D eigenvalue weighted by molar-refractivity contribution is 6.28. The van der Waals surface area contributed by atoms with Crippen LogP contribution >= 0.6 is 0 Å². The maximum absolute atomic E-state index is 12.5. The summed E-state index contributed by atoms with van der Waals surface area (Å²) in [5, 5.41) is 11.9. The van der Waals surface area contributed by atoms with E-state index in [2.05, 4.69) is 17.0 Å². The molecule has 27 heavy (non-hydrogen) atoms. The fourth-order valence-electron chi connectivity index (χ4n) is 3.27. The van der Waals surface area contributed by atoms with Gasteiger partial charge in [0, 0.05) is 5.57 Å². The second-order valence-corrected chi connectivity index (χ2v) is 6.10. The fraction of sp³-hybridized carbons (Fsp3) is 0.150. The number of nitrogens with one attached hydrogen (secondary N) is 1. The van der Waals surface area contributed by atoms with E-state index in [9.17, 15) is 4.79 Å². The molecule has 0 unspecified atom stereocenters. The standard InChI is InChI=1S/C20H18N4O2.BrH/c1-14-17-9-5-6-10-23(17)19(18(14)15-7-3-2-4-8-15)22-16-13-21-24(11-12-25)20(16)26;/h2-10,13,25H,11-12H2,1H3;1H. The summed E-state index contributed by atoms with van der Waals surface area (Å²) in [5.41, 5.74) is 4.29. The SMILES string of the molecule is CC1=C(c2ccccc2)C(=Nc2c[nH]n(CCO)c2=O)[n+]2ccccc21.[Br-]. The molecule has 0 amide bonds. The number of rotatable bonds is 4. The molecule has 2 N–H and O–H groups in total. The minimum atomic E-state index is -0.249. The van der Waals surface area contributed by atoms with Crippen LogP contribution in [0.2, 0.25) is 0 Å². The first kappa shape index (κ1) is 19.0. The average molecular weight is 427 g/mol. The van der Waals surface area contributed by atoms with E-state index in [1.807, 2.05) is 59.3 Å². The first-order chi connectivity index (χ1) is 12.7. The van der Waals surface area contributed by atoms with Gasteiger partial charge in [0.05, 0.1) is 31.1 Å². The first-order valence-electron chi connectivity index (χ1n) is 8.46. The highest BCUT2D eigenvalue weighted by atomic mass is 79.9. The molecular weight excluding hydrogens is 408 g/mol. The van der Waals surface area contributed by atoms with Gasteiger partial charge in [-0.3, -0.25) is 9.89 Å². The van der Waals surface area contributed by atoms with Gasteiger partial charge in [-0.15, -0.1) is 0 Å². The minimum Gasteiger partial charge on any atom is -1.00 e. The minimum absolute atomic E-state index is 0. The highest BCUT2D eigenvalue weighted by Crippen LogP contribution is 2.30. The van der Waals surface area contributed by atoms with E-state index < -0.39 is 0 Å². The van der Waals surface area contributed by atoms with E-state index in [0.717, 1.165) is 28.2 Å². The lowest BCUT2D eigenvalue weighted by Gasteiger charge is -2.00. The Labute approximate surface area is 166 Å². The molecule has 138 valence electrons. The molecule has 0 saturated heterocycles. The summed E-state index contributed by atoms with van der Waals surface area (Å²) >= 11 is 0. The molecule has 0 bridgehead atoms. The van der Waals surface area contributed by atoms with Crippen LogP contribution in [-0.4, -0.2) is 27.3 Å². The second-order valence-electron chi connectivity index (χ2n) is 6.10. The number of aromatic nitrogens is 3. The van der Waals surface area contributed by atoms with Gasteiger partial charge in [-0.05, 0) is 29.6 Å². The summed E-state index contributed by atoms with van der Waals surface area (Å²) in [6.45, 7) is 2.17. The molecule has 3 aromatic rings. The Morgan fingerprint density at radius 3 is 2.63 bits per heavy atom. The normalized spacial score (nSPS) is 14.4. The smallest absolute Gasteiger partial charge is 0.337 e. The Bertz CT molecular complexity index is 1080. The number of hydrogen-bond acceptors (Lipinski definition) is 3. The van der Waals surface area contributed by atoms with Crippen molar-refractivity contribution < 1.29 is 26.7 Å². The van der Waals surface area contributed by atoms with E-state index in [4.69, 9.17) is 5.11 Å². The van der Waals surface area contributed by atoms with E-state index in [1.54, 1.807) is 6.20 Å². The summed E-state index contributed by atoms with van der Waals surface area (Å²) < 4.78 is 3.35. The van der Waals surface area contributed by atoms with Crippen LogP contribution in [-0.2, 0) is 6.54 Å². The molecule has 0 fully saturated rings. The third kappa shape index (κ3) is 3.31. The van der Waals surface area contributed by atoms with Crippen LogP contribution in [0.15, 0.2) is 70.7 Å². The lowest BCUT2D eigenvalue weighted by Crippen LogP contribution is -3.00. The molecule has 3 heterocycles. The summed E-state index contributed by atoms with van der Waals surface area (Å²) in [7, 11) is 0. The van der Waals surface area contributed by atoms with Gasteiger partial charge in [-0.1, -0.05) is 36.4 Å². The topological polar surface area (TPSA) is 74.3 Å². The molecule has 1 aliphatic rings. The summed E-state index contributed by atoms with van der Waals surface area (Å²) in [6, 6.07) is 16.0. The molecule has 7 heteroatoms. The second kappa shape index (κ2) is 7.85. The molecule has 0 aliphatic carbocycles. The maximum atomic E-state index is 12.5. The Balaban J connectivity index is 0.00000210. The predicted molar refractivity (Wildman–Crippen MR) is 100 cm³/mol. The van der Waals surface area contributed by atoms with Crippen molar-refractivity contribution in [3.05, 3.63) is 82.5 Å². The predicted octanol–water partition coefficient (Wildman–Crippen LogP) is -1.02. The fourth-order valence-corrected chi connectivity index (χ4v) is 3.27. The number of aliphatic hydroxyl groups is 1. The number of nitrogens with zero attached hydrogens (tertiary/aromatic N) is 3. The third-order valence-electron chi connectivity index (χ3n) is 4.50. The lowest BCUT2D eigenvalue weighted by molar-refractivity contribution is -0.553.